The minimum atomic E-state index is -4.60. The van der Waals surface area contributed by atoms with Crippen molar-refractivity contribution >= 4 is 22.6 Å². The predicted molar refractivity (Wildman–Crippen MR) is 126 cm³/mol. The van der Waals surface area contributed by atoms with Crippen LogP contribution in [0.5, 0.6) is 5.75 Å². The second-order valence-corrected chi connectivity index (χ2v) is 7.85. The number of amides is 2. The maximum atomic E-state index is 13.2. The van der Waals surface area contributed by atoms with Gasteiger partial charge in [-0.2, -0.15) is 28.5 Å². The summed E-state index contributed by atoms with van der Waals surface area (Å²) in [5, 5.41) is 17.9. The van der Waals surface area contributed by atoms with Crippen LogP contribution in [0.3, 0.4) is 0 Å². The van der Waals surface area contributed by atoms with E-state index in [9.17, 15) is 18.0 Å². The average Bonchev–Trinajstić information content (AvgIpc) is 3.24. The molecule has 0 bridgehead atoms. The van der Waals surface area contributed by atoms with Crippen molar-refractivity contribution < 1.29 is 27.4 Å². The Labute approximate surface area is 204 Å². The van der Waals surface area contributed by atoms with Crippen LogP contribution in [0.4, 0.5) is 23.7 Å². The Kier molecular flexibility index (Phi) is 7.23. The number of aryl methyl sites for hydroxylation is 1. The van der Waals surface area contributed by atoms with E-state index in [1.54, 1.807) is 54.3 Å². The Balaban J connectivity index is 1.40. The summed E-state index contributed by atoms with van der Waals surface area (Å²) in [4.78, 5) is 12.3. The van der Waals surface area contributed by atoms with Crippen LogP contribution in [-0.2, 0) is 18.2 Å². The molecule has 0 saturated carbocycles. The van der Waals surface area contributed by atoms with E-state index in [0.717, 1.165) is 22.5 Å². The number of nitrogens with zero attached hydrogens (tertiary/aromatic N) is 4. The predicted octanol–water partition coefficient (Wildman–Crippen LogP) is 5.08. The minimum Gasteiger partial charge on any atom is -0.497 e. The number of hydrogen-bond donors (Lipinski definition) is 2. The number of methoxy groups -OCH3 is 1. The minimum absolute atomic E-state index is 0.0111. The van der Waals surface area contributed by atoms with Gasteiger partial charge in [-0.15, -0.1) is 0 Å². The van der Waals surface area contributed by atoms with E-state index < -0.39 is 23.9 Å². The number of aromatic nitrogens is 2. The van der Waals surface area contributed by atoms with E-state index in [2.05, 4.69) is 26.0 Å². The summed E-state index contributed by atoms with van der Waals surface area (Å²) in [5.74, 6) is 0.655. The van der Waals surface area contributed by atoms with Crippen LogP contribution in [0.2, 0.25) is 0 Å². The fraction of sp³-hybridized carbons (Fsp3) is 0.250. The fourth-order valence-corrected chi connectivity index (χ4v) is 3.56. The van der Waals surface area contributed by atoms with E-state index in [-0.39, 0.29) is 18.8 Å². The van der Waals surface area contributed by atoms with E-state index in [4.69, 9.17) is 9.47 Å². The van der Waals surface area contributed by atoms with Crippen molar-refractivity contribution in [3.8, 4) is 5.75 Å². The van der Waals surface area contributed by atoms with Gasteiger partial charge in [0.1, 0.15) is 24.2 Å². The number of urea groups is 1. The van der Waals surface area contributed by atoms with Gasteiger partial charge in [0, 0.05) is 18.9 Å². The molecule has 1 aliphatic rings. The lowest BCUT2D eigenvalue weighted by molar-refractivity contribution is -0.0918. The van der Waals surface area contributed by atoms with Crippen molar-refractivity contribution in [3.63, 3.8) is 0 Å². The van der Waals surface area contributed by atoms with Crippen LogP contribution < -0.4 is 15.4 Å². The molecule has 2 N–H and O–H groups in total. The van der Waals surface area contributed by atoms with Gasteiger partial charge in [0.2, 0.25) is 0 Å². The highest BCUT2D eigenvalue weighted by molar-refractivity contribution is 6.00. The van der Waals surface area contributed by atoms with Crippen molar-refractivity contribution in [2.45, 2.75) is 18.7 Å². The standard InChI is InChI=1S/C24H23F3N6O3/c1-33-21-5-3-4-19(18(21)12-30-33)31-23(34)28-14-29-32-20-11-16(24(25,26)27)13-36-22(20)10-15-6-8-17(35-2)9-7-15/h3-9,11-13,22H,10,14H2,1-2H3,(H2,28,31,34). The first-order valence-corrected chi connectivity index (χ1v) is 10.8. The summed E-state index contributed by atoms with van der Waals surface area (Å²) in [6.45, 7) is -0.257. The van der Waals surface area contributed by atoms with Crippen molar-refractivity contribution in [1.82, 2.24) is 15.1 Å². The number of azo groups is 1. The molecule has 1 aliphatic heterocycles. The highest BCUT2D eigenvalue weighted by Gasteiger charge is 2.36. The number of alkyl halides is 3. The lowest BCUT2D eigenvalue weighted by atomic mass is 10.0. The second-order valence-electron chi connectivity index (χ2n) is 7.85. The molecule has 0 fully saturated rings. The van der Waals surface area contributed by atoms with E-state index in [1.807, 2.05) is 6.07 Å². The highest BCUT2D eigenvalue weighted by atomic mass is 19.4. The van der Waals surface area contributed by atoms with Crippen molar-refractivity contribution in [2.24, 2.45) is 17.3 Å². The number of carbonyl (C=O) groups excluding carboxylic acids is 1. The first-order chi connectivity index (χ1) is 17.2. The number of halogens is 3. The molecule has 1 aromatic heterocycles. The molecule has 9 nitrogen and oxygen atoms in total. The third-order valence-electron chi connectivity index (χ3n) is 5.44. The Bertz CT molecular complexity index is 1330. The Morgan fingerprint density at radius 3 is 2.72 bits per heavy atom. The number of nitrogens with one attached hydrogen (secondary N) is 2. The molecule has 4 rings (SSSR count). The molecule has 0 radical (unpaired) electrons. The van der Waals surface area contributed by atoms with Crippen molar-refractivity contribution in [2.75, 3.05) is 19.1 Å². The molecule has 2 heterocycles. The number of ether oxygens (including phenoxy) is 2. The van der Waals surface area contributed by atoms with Gasteiger partial charge in [-0.05, 0) is 35.9 Å². The zero-order chi connectivity index (χ0) is 25.7. The summed E-state index contributed by atoms with van der Waals surface area (Å²) < 4.78 is 51.8. The summed E-state index contributed by atoms with van der Waals surface area (Å²) in [6.07, 6.45) is -1.92. The summed E-state index contributed by atoms with van der Waals surface area (Å²) >= 11 is 0. The van der Waals surface area contributed by atoms with Crippen LogP contribution in [0.25, 0.3) is 10.9 Å². The zero-order valence-electron chi connectivity index (χ0n) is 19.4. The van der Waals surface area contributed by atoms with Crippen LogP contribution >= 0.6 is 0 Å². The maximum absolute atomic E-state index is 13.2. The third-order valence-corrected chi connectivity index (χ3v) is 5.44. The molecule has 0 saturated heterocycles. The van der Waals surface area contributed by atoms with Gasteiger partial charge in [-0.25, -0.2) is 4.79 Å². The van der Waals surface area contributed by atoms with E-state index in [1.165, 1.54) is 7.11 Å². The van der Waals surface area contributed by atoms with Gasteiger partial charge in [-0.3, -0.25) is 4.68 Å². The summed E-state index contributed by atoms with van der Waals surface area (Å²) in [6, 6.07) is 11.9. The number of hydrogen-bond acceptors (Lipinski definition) is 6. The van der Waals surface area contributed by atoms with E-state index in [0.29, 0.717) is 17.7 Å². The number of fused-ring (bicyclic) bond motifs is 1. The number of benzene rings is 2. The molecule has 2 amide bonds. The molecule has 3 aromatic rings. The Morgan fingerprint density at radius 1 is 1.22 bits per heavy atom. The quantitative estimate of drug-likeness (QED) is 0.442. The molecule has 0 spiro atoms. The summed E-state index contributed by atoms with van der Waals surface area (Å²) in [5.41, 5.74) is 1.22. The van der Waals surface area contributed by atoms with Crippen LogP contribution in [-0.4, -0.2) is 41.9 Å². The molecule has 1 atom stereocenters. The van der Waals surface area contributed by atoms with Crippen LogP contribution in [0.1, 0.15) is 5.56 Å². The monoisotopic (exact) mass is 500 g/mol. The second kappa shape index (κ2) is 10.5. The van der Waals surface area contributed by atoms with Crippen molar-refractivity contribution in [3.05, 3.63) is 77.8 Å². The maximum Gasteiger partial charge on any atom is 0.419 e. The SMILES string of the molecule is COc1ccc(CC2OC=C(C(F)(F)F)C=C2N=NCNC(=O)Nc2cccc3c2cnn3C)cc1. The normalized spacial score (nSPS) is 15.9. The van der Waals surface area contributed by atoms with Gasteiger partial charge >= 0.3 is 12.2 Å². The topological polar surface area (TPSA) is 102 Å². The molecular weight excluding hydrogens is 477 g/mol. The number of carbonyl (C=O) groups is 1. The highest BCUT2D eigenvalue weighted by Crippen LogP contribution is 2.33. The van der Waals surface area contributed by atoms with Gasteiger partial charge < -0.3 is 20.1 Å². The largest absolute Gasteiger partial charge is 0.497 e. The van der Waals surface area contributed by atoms with Crippen molar-refractivity contribution in [1.29, 1.82) is 0 Å². The van der Waals surface area contributed by atoms with Crippen LogP contribution in [0.15, 0.2) is 82.5 Å². The molecule has 0 aliphatic carbocycles. The summed E-state index contributed by atoms with van der Waals surface area (Å²) in [7, 11) is 3.33. The first-order valence-electron chi connectivity index (χ1n) is 10.8. The first kappa shape index (κ1) is 24.8. The fourth-order valence-electron chi connectivity index (χ4n) is 3.56. The number of rotatable bonds is 7. The van der Waals surface area contributed by atoms with Crippen LogP contribution in [0, 0.1) is 0 Å². The number of anilines is 1. The lowest BCUT2D eigenvalue weighted by Crippen LogP contribution is -2.28. The van der Waals surface area contributed by atoms with Gasteiger partial charge in [0.15, 0.2) is 0 Å². The molecule has 1 unspecified atom stereocenters. The average molecular weight is 500 g/mol. The van der Waals surface area contributed by atoms with E-state index >= 15 is 0 Å². The smallest absolute Gasteiger partial charge is 0.419 e. The Morgan fingerprint density at radius 2 is 2.00 bits per heavy atom. The molecule has 188 valence electrons. The zero-order valence-corrected chi connectivity index (χ0v) is 19.4. The van der Waals surface area contributed by atoms with Gasteiger partial charge in [0.25, 0.3) is 0 Å². The molecule has 12 heteroatoms. The lowest BCUT2D eigenvalue weighted by Gasteiger charge is -2.23. The Hall–Kier alpha value is -4.35. The molecule has 36 heavy (non-hydrogen) atoms. The number of allylic oxidation sites excluding steroid dienone is 2. The molecular formula is C24H23F3N6O3. The molecule has 2 aromatic carbocycles. The van der Waals surface area contributed by atoms with Gasteiger partial charge in [0.05, 0.1) is 36.3 Å². The van der Waals surface area contributed by atoms with Gasteiger partial charge in [-0.1, -0.05) is 18.2 Å². The third kappa shape index (κ3) is 5.82.